The molecule has 4 amide bonds. The average molecular weight is 463 g/mol. The van der Waals surface area contributed by atoms with Crippen LogP contribution >= 0.6 is 0 Å². The predicted octanol–water partition coefficient (Wildman–Crippen LogP) is 2.92. The van der Waals surface area contributed by atoms with Crippen molar-refractivity contribution in [3.05, 3.63) is 47.5 Å². The smallest absolute Gasteiger partial charge is 0.325 e. The molecule has 0 aromatic heterocycles. The number of hydrogen-bond donors (Lipinski definition) is 1. The number of carbonyl (C=O) groups excluding carboxylic acids is 3. The van der Waals surface area contributed by atoms with E-state index in [1.165, 1.54) is 42.7 Å². The molecular weight excluding hydrogens is 428 g/mol. The molecule has 4 saturated heterocycles. The van der Waals surface area contributed by atoms with Crippen LogP contribution in [-0.2, 0) is 16.1 Å². The van der Waals surface area contributed by atoms with Gasteiger partial charge in [-0.15, -0.1) is 0 Å². The Morgan fingerprint density at radius 2 is 1.91 bits per heavy atom. The highest BCUT2D eigenvalue weighted by Crippen LogP contribution is 2.45. The molecule has 180 valence electrons. The van der Waals surface area contributed by atoms with E-state index in [-0.39, 0.29) is 30.8 Å². The number of fused-ring (bicyclic) bond motifs is 6. The first-order valence-corrected chi connectivity index (χ1v) is 13.0. The lowest BCUT2D eigenvalue weighted by atomic mass is 9.68. The maximum Gasteiger partial charge on any atom is 0.325 e. The van der Waals surface area contributed by atoms with Crippen molar-refractivity contribution in [1.82, 2.24) is 20.0 Å². The molecular formula is C27H34N4O3. The number of nitrogens with zero attached hydrogens (tertiary/aromatic N) is 3. The van der Waals surface area contributed by atoms with Gasteiger partial charge in [-0.3, -0.25) is 19.4 Å². The number of hydrogen-bond acceptors (Lipinski definition) is 4. The molecule has 4 aliphatic heterocycles. The van der Waals surface area contributed by atoms with Crippen LogP contribution < -0.4 is 5.32 Å². The molecule has 1 aromatic carbocycles. The van der Waals surface area contributed by atoms with Crippen LogP contribution in [0.1, 0.15) is 50.5 Å². The largest absolute Gasteiger partial charge is 0.336 e. The zero-order valence-corrected chi connectivity index (χ0v) is 19.7. The van der Waals surface area contributed by atoms with E-state index in [0.717, 1.165) is 31.5 Å². The molecule has 4 fully saturated rings. The van der Waals surface area contributed by atoms with Crippen LogP contribution in [0.25, 0.3) is 0 Å². The summed E-state index contributed by atoms with van der Waals surface area (Å²) in [6.45, 7) is 3.24. The Kier molecular flexibility index (Phi) is 5.68. The number of likely N-dealkylation sites (tertiary alicyclic amines) is 1. The van der Waals surface area contributed by atoms with Gasteiger partial charge in [0.2, 0.25) is 5.91 Å². The molecule has 1 aliphatic carbocycles. The van der Waals surface area contributed by atoms with Crippen LogP contribution in [0, 0.1) is 11.8 Å². The zero-order valence-electron chi connectivity index (χ0n) is 19.7. The summed E-state index contributed by atoms with van der Waals surface area (Å²) < 4.78 is 0. The van der Waals surface area contributed by atoms with Gasteiger partial charge in [-0.1, -0.05) is 48.4 Å². The number of carbonyl (C=O) groups is 3. The monoisotopic (exact) mass is 462 g/mol. The summed E-state index contributed by atoms with van der Waals surface area (Å²) in [5, 5.41) is 2.76. The van der Waals surface area contributed by atoms with Crippen LogP contribution in [0.3, 0.4) is 0 Å². The number of nitrogens with one attached hydrogen (secondary N) is 1. The molecule has 0 radical (unpaired) electrons. The van der Waals surface area contributed by atoms with Gasteiger partial charge in [-0.05, 0) is 56.0 Å². The van der Waals surface area contributed by atoms with Gasteiger partial charge in [-0.2, -0.15) is 0 Å². The molecule has 2 bridgehead atoms. The average Bonchev–Trinajstić information content (AvgIpc) is 3.11. The Balaban J connectivity index is 1.16. The fraction of sp³-hybridized carbons (Fsp3) is 0.593. The van der Waals surface area contributed by atoms with Crippen LogP contribution in [0.5, 0.6) is 0 Å². The van der Waals surface area contributed by atoms with Crippen molar-refractivity contribution in [3.63, 3.8) is 0 Å². The second-order valence-corrected chi connectivity index (χ2v) is 10.7. The van der Waals surface area contributed by atoms with Crippen molar-refractivity contribution in [2.24, 2.45) is 11.8 Å². The van der Waals surface area contributed by atoms with Crippen LogP contribution in [-0.4, -0.2) is 70.3 Å². The predicted molar refractivity (Wildman–Crippen MR) is 128 cm³/mol. The van der Waals surface area contributed by atoms with E-state index < -0.39 is 12.1 Å². The number of benzene rings is 1. The summed E-state index contributed by atoms with van der Waals surface area (Å²) in [6, 6.07) is 9.15. The summed E-state index contributed by atoms with van der Waals surface area (Å²) in [5.41, 5.74) is 2.34. The van der Waals surface area contributed by atoms with Crippen LogP contribution in [0.4, 0.5) is 4.79 Å². The van der Waals surface area contributed by atoms with E-state index in [1.807, 2.05) is 35.2 Å². The fourth-order valence-corrected chi connectivity index (χ4v) is 7.18. The third-order valence-electron chi connectivity index (χ3n) is 8.65. The molecule has 3 unspecified atom stereocenters. The number of rotatable bonds is 4. The Morgan fingerprint density at radius 1 is 1.06 bits per heavy atom. The molecule has 1 N–H and O–H groups in total. The van der Waals surface area contributed by atoms with Gasteiger partial charge >= 0.3 is 6.03 Å². The Labute approximate surface area is 201 Å². The molecule has 34 heavy (non-hydrogen) atoms. The Morgan fingerprint density at radius 3 is 2.76 bits per heavy atom. The van der Waals surface area contributed by atoms with Crippen LogP contribution in [0.15, 0.2) is 42.0 Å². The zero-order chi connectivity index (χ0) is 23.2. The van der Waals surface area contributed by atoms with Crippen molar-refractivity contribution >= 4 is 17.8 Å². The minimum atomic E-state index is -0.771. The van der Waals surface area contributed by atoms with E-state index in [9.17, 15) is 14.4 Å². The van der Waals surface area contributed by atoms with Gasteiger partial charge in [0.05, 0.1) is 19.0 Å². The SMILES string of the molecule is O=C1NC(CC(=O)N2CCCC3=C[C@H]4C[C@@H](CN5CCCCC45)C32)C(=O)N1Cc1ccccc1. The van der Waals surface area contributed by atoms with Crippen molar-refractivity contribution in [2.75, 3.05) is 19.6 Å². The maximum atomic E-state index is 13.5. The standard InChI is InChI=1S/C27H34N4O3/c32-24(15-22-26(33)31(27(34)28-22)16-18-7-2-1-3-8-18)30-12-6-9-19-13-20-14-21(25(19)30)17-29-11-5-4-10-23(20)29/h1-3,7-8,13,20-23,25H,4-6,9-12,14-17H2,(H,28,34)/t20-,21-,22?,23?,25?/m0/s1. The quantitative estimate of drug-likeness (QED) is 0.552. The van der Waals surface area contributed by atoms with Crippen molar-refractivity contribution in [1.29, 1.82) is 0 Å². The summed E-state index contributed by atoms with van der Waals surface area (Å²) in [5.74, 6) is 0.803. The Hall–Kier alpha value is -2.67. The first-order valence-electron chi connectivity index (χ1n) is 13.0. The van der Waals surface area contributed by atoms with Crippen molar-refractivity contribution in [3.8, 4) is 0 Å². The molecule has 1 aromatic rings. The third-order valence-corrected chi connectivity index (χ3v) is 8.65. The minimum Gasteiger partial charge on any atom is -0.336 e. The molecule has 7 heteroatoms. The maximum absolute atomic E-state index is 13.5. The molecule has 7 nitrogen and oxygen atoms in total. The fourth-order valence-electron chi connectivity index (χ4n) is 7.18. The van der Waals surface area contributed by atoms with Crippen LogP contribution in [0.2, 0.25) is 0 Å². The van der Waals surface area contributed by atoms with E-state index in [2.05, 4.69) is 16.3 Å². The van der Waals surface area contributed by atoms with Gasteiger partial charge in [-0.25, -0.2) is 4.79 Å². The van der Waals surface area contributed by atoms with Gasteiger partial charge in [0.25, 0.3) is 5.91 Å². The van der Waals surface area contributed by atoms with E-state index in [1.54, 1.807) is 0 Å². The first-order chi connectivity index (χ1) is 16.6. The minimum absolute atomic E-state index is 0.00460. The van der Waals surface area contributed by atoms with Gasteiger partial charge < -0.3 is 10.2 Å². The lowest BCUT2D eigenvalue weighted by Crippen LogP contribution is -2.60. The highest BCUT2D eigenvalue weighted by molar-refractivity contribution is 6.05. The molecule has 4 heterocycles. The van der Waals surface area contributed by atoms with Crippen molar-refractivity contribution < 1.29 is 14.4 Å². The van der Waals surface area contributed by atoms with Gasteiger partial charge in [0.1, 0.15) is 6.04 Å². The van der Waals surface area contributed by atoms with E-state index in [4.69, 9.17) is 0 Å². The second-order valence-electron chi connectivity index (χ2n) is 10.7. The number of urea groups is 1. The first kappa shape index (κ1) is 21.8. The number of piperidine rings is 3. The second kappa shape index (κ2) is 8.84. The molecule has 6 rings (SSSR count). The lowest BCUT2D eigenvalue weighted by molar-refractivity contribution is -0.139. The third kappa shape index (κ3) is 3.84. The number of amides is 4. The topological polar surface area (TPSA) is 73.0 Å². The summed E-state index contributed by atoms with van der Waals surface area (Å²) in [4.78, 5) is 45.0. The highest BCUT2D eigenvalue weighted by atomic mass is 16.2. The lowest BCUT2D eigenvalue weighted by Gasteiger charge is -2.54. The molecule has 0 saturated carbocycles. The molecule has 5 aliphatic rings. The van der Waals surface area contributed by atoms with E-state index >= 15 is 0 Å². The van der Waals surface area contributed by atoms with E-state index in [0.29, 0.717) is 17.9 Å². The summed E-state index contributed by atoms with van der Waals surface area (Å²) in [6.07, 6.45) is 9.70. The Bertz CT molecular complexity index is 1010. The normalized spacial score (nSPS) is 33.2. The molecule has 0 spiro atoms. The molecule has 5 atom stereocenters. The van der Waals surface area contributed by atoms with Gasteiger partial charge in [0.15, 0.2) is 0 Å². The van der Waals surface area contributed by atoms with Crippen molar-refractivity contribution in [2.45, 2.75) is 69.6 Å². The highest BCUT2D eigenvalue weighted by Gasteiger charge is 2.48. The number of imide groups is 1. The summed E-state index contributed by atoms with van der Waals surface area (Å²) in [7, 11) is 0. The van der Waals surface area contributed by atoms with Gasteiger partial charge in [0, 0.05) is 19.1 Å². The summed E-state index contributed by atoms with van der Waals surface area (Å²) >= 11 is 0.